The summed E-state index contributed by atoms with van der Waals surface area (Å²) < 4.78 is 0. The van der Waals surface area contributed by atoms with Crippen LogP contribution in [-0.2, 0) is 21.7 Å². The zero-order chi connectivity index (χ0) is 17.8. The molecule has 3 aromatic rings. The Morgan fingerprint density at radius 3 is 1.89 bits per heavy atom. The third-order valence-electron chi connectivity index (χ3n) is 6.20. The maximum atomic E-state index is 2.37. The van der Waals surface area contributed by atoms with Crippen molar-refractivity contribution >= 4 is 16.3 Å². The van der Waals surface area contributed by atoms with Crippen LogP contribution in [0.2, 0.25) is 0 Å². The Hall–Kier alpha value is -1.18. The second-order valence-electron chi connectivity index (χ2n) is 7.76. The molecule has 0 unspecified atom stereocenters. The molecule has 0 aromatic heterocycles. The van der Waals surface area contributed by atoms with Gasteiger partial charge in [-0.1, -0.05) is 84.7 Å². The fourth-order valence-corrected chi connectivity index (χ4v) is 4.43. The van der Waals surface area contributed by atoms with E-state index in [0.29, 0.717) is 0 Å². The largest absolute Gasteiger partial charge is 3.00 e. The van der Waals surface area contributed by atoms with E-state index >= 15 is 0 Å². The Bertz CT molecular complexity index is 1040. The van der Waals surface area contributed by atoms with Gasteiger partial charge >= 0.3 is 21.7 Å². The summed E-state index contributed by atoms with van der Waals surface area (Å²) in [5.41, 5.74) is 10.0. The molecule has 0 fully saturated rings. The molecular formula is C25H25Cl2Ti. The van der Waals surface area contributed by atoms with Gasteiger partial charge in [0, 0.05) is 5.41 Å². The third kappa shape index (κ3) is 3.69. The van der Waals surface area contributed by atoms with Crippen LogP contribution in [0.3, 0.4) is 0 Å². The second kappa shape index (κ2) is 9.10. The molecule has 3 aromatic carbocycles. The molecule has 0 saturated heterocycles. The van der Waals surface area contributed by atoms with Crippen molar-refractivity contribution in [2.75, 3.05) is 0 Å². The summed E-state index contributed by atoms with van der Waals surface area (Å²) in [7, 11) is 0. The van der Waals surface area contributed by atoms with E-state index in [1.807, 2.05) is 0 Å². The van der Waals surface area contributed by atoms with Gasteiger partial charge in [0.1, 0.15) is 0 Å². The minimum atomic E-state index is 0. The molecule has 4 rings (SSSR count). The maximum Gasteiger partial charge on any atom is 3.00 e. The molecule has 0 N–H and O–H groups in total. The standard InChI is InChI=1S/C25H25.2ClH.Ti/c1-16-17(2)24(25(4,5)18(16)3)23-21-14-10-9-13-20(21)15-22(23)19-11-7-6-8-12-19;;;/h6-15H,1-5H3;2*1H;/q-1;;;+3/p-2. The van der Waals surface area contributed by atoms with Crippen molar-refractivity contribution in [1.29, 1.82) is 0 Å². The van der Waals surface area contributed by atoms with E-state index in [0.717, 1.165) is 0 Å². The Morgan fingerprint density at radius 2 is 1.32 bits per heavy atom. The van der Waals surface area contributed by atoms with Gasteiger partial charge in [-0.05, 0) is 26.3 Å². The van der Waals surface area contributed by atoms with Gasteiger partial charge in [-0.3, -0.25) is 0 Å². The van der Waals surface area contributed by atoms with Crippen molar-refractivity contribution < 1.29 is 46.5 Å². The van der Waals surface area contributed by atoms with Gasteiger partial charge in [-0.25, -0.2) is 0 Å². The average Bonchev–Trinajstić information content (AvgIpc) is 3.06. The van der Waals surface area contributed by atoms with E-state index in [1.165, 1.54) is 49.8 Å². The molecule has 0 aliphatic heterocycles. The van der Waals surface area contributed by atoms with Gasteiger partial charge < -0.3 is 24.8 Å². The summed E-state index contributed by atoms with van der Waals surface area (Å²) in [6, 6.07) is 22.0. The van der Waals surface area contributed by atoms with Gasteiger partial charge in [0.15, 0.2) is 0 Å². The molecule has 0 saturated carbocycles. The number of rotatable bonds is 2. The summed E-state index contributed by atoms with van der Waals surface area (Å²) in [6.45, 7) is 11.6. The second-order valence-corrected chi connectivity index (χ2v) is 7.76. The van der Waals surface area contributed by atoms with Crippen LogP contribution in [-0.4, -0.2) is 0 Å². The molecule has 0 atom stereocenters. The Balaban J connectivity index is 0.00000131. The summed E-state index contributed by atoms with van der Waals surface area (Å²) in [5, 5.41) is 2.70. The van der Waals surface area contributed by atoms with E-state index in [9.17, 15) is 0 Å². The van der Waals surface area contributed by atoms with Gasteiger partial charge in [0.25, 0.3) is 0 Å². The number of hydrogen-bond acceptors (Lipinski definition) is 0. The molecule has 1 radical (unpaired) electrons. The molecule has 0 spiro atoms. The van der Waals surface area contributed by atoms with Crippen LogP contribution < -0.4 is 24.8 Å². The first-order valence-corrected chi connectivity index (χ1v) is 9.07. The van der Waals surface area contributed by atoms with Crippen molar-refractivity contribution in [1.82, 2.24) is 0 Å². The van der Waals surface area contributed by atoms with E-state index in [2.05, 4.69) is 95.3 Å². The Kier molecular flexibility index (Phi) is 8.08. The van der Waals surface area contributed by atoms with Crippen molar-refractivity contribution in [3.05, 3.63) is 82.9 Å². The molecule has 0 heterocycles. The minimum Gasteiger partial charge on any atom is -1.00 e. The molecule has 0 nitrogen and oxygen atoms in total. The Morgan fingerprint density at radius 1 is 0.750 bits per heavy atom. The smallest absolute Gasteiger partial charge is 1.00 e. The first-order valence-electron chi connectivity index (χ1n) is 9.07. The predicted octanol–water partition coefficient (Wildman–Crippen LogP) is 1.38. The van der Waals surface area contributed by atoms with Crippen LogP contribution >= 0.6 is 0 Å². The Labute approximate surface area is 196 Å². The summed E-state index contributed by atoms with van der Waals surface area (Å²) in [6.07, 6.45) is 0. The zero-order valence-electron chi connectivity index (χ0n) is 17.0. The molecule has 143 valence electrons. The van der Waals surface area contributed by atoms with Crippen molar-refractivity contribution in [2.24, 2.45) is 5.41 Å². The molecule has 0 bridgehead atoms. The van der Waals surface area contributed by atoms with E-state index in [4.69, 9.17) is 0 Å². The fraction of sp³-hybridized carbons (Fsp3) is 0.240. The van der Waals surface area contributed by atoms with Crippen molar-refractivity contribution in [3.8, 4) is 11.1 Å². The fourth-order valence-electron chi connectivity index (χ4n) is 4.43. The number of halogens is 2. The first kappa shape index (κ1) is 24.9. The molecule has 28 heavy (non-hydrogen) atoms. The van der Waals surface area contributed by atoms with Gasteiger partial charge in [0.2, 0.25) is 0 Å². The van der Waals surface area contributed by atoms with E-state index in [-0.39, 0.29) is 51.9 Å². The number of hydrogen-bond donors (Lipinski definition) is 0. The van der Waals surface area contributed by atoms with Crippen LogP contribution in [0, 0.1) is 5.41 Å². The molecule has 1 aliphatic carbocycles. The zero-order valence-corrected chi connectivity index (χ0v) is 20.1. The summed E-state index contributed by atoms with van der Waals surface area (Å²) in [5.74, 6) is 0. The summed E-state index contributed by atoms with van der Waals surface area (Å²) >= 11 is 0. The van der Waals surface area contributed by atoms with Crippen LogP contribution in [0.25, 0.3) is 27.5 Å². The monoisotopic (exact) mass is 443 g/mol. The van der Waals surface area contributed by atoms with Crippen LogP contribution in [0.5, 0.6) is 0 Å². The first-order chi connectivity index (χ1) is 11.9. The SMILES string of the molecule is CC1=C(C)C(C)(C)C(c2c(-c3ccccc3)[cH-]c3ccccc23)=C1C.[Cl-].[Cl-].[Ti+3]. The maximum absolute atomic E-state index is 2.37. The van der Waals surface area contributed by atoms with Crippen molar-refractivity contribution in [2.45, 2.75) is 34.6 Å². The number of allylic oxidation sites excluding steroid dienone is 4. The van der Waals surface area contributed by atoms with Crippen LogP contribution in [0.4, 0.5) is 0 Å². The van der Waals surface area contributed by atoms with Crippen LogP contribution in [0.15, 0.2) is 77.4 Å². The molecule has 3 heteroatoms. The van der Waals surface area contributed by atoms with E-state index in [1.54, 1.807) is 0 Å². The van der Waals surface area contributed by atoms with Gasteiger partial charge in [-0.15, -0.1) is 34.0 Å². The number of fused-ring (bicyclic) bond motifs is 1. The minimum absolute atomic E-state index is 0. The predicted molar refractivity (Wildman–Crippen MR) is 110 cm³/mol. The van der Waals surface area contributed by atoms with Gasteiger partial charge in [-0.2, -0.15) is 0 Å². The average molecular weight is 444 g/mol. The topological polar surface area (TPSA) is 0 Å². The normalized spacial score (nSPS) is 15.2. The van der Waals surface area contributed by atoms with Crippen LogP contribution in [0.1, 0.15) is 40.2 Å². The third-order valence-corrected chi connectivity index (χ3v) is 6.20. The van der Waals surface area contributed by atoms with E-state index < -0.39 is 0 Å². The molecule has 0 amide bonds. The number of benzene rings is 2. The van der Waals surface area contributed by atoms with Crippen molar-refractivity contribution in [3.63, 3.8) is 0 Å². The summed E-state index contributed by atoms with van der Waals surface area (Å²) in [4.78, 5) is 0. The quantitative estimate of drug-likeness (QED) is 0.414. The molecular weight excluding hydrogens is 419 g/mol. The molecule has 1 aliphatic rings. The van der Waals surface area contributed by atoms with Gasteiger partial charge in [0.05, 0.1) is 0 Å².